The van der Waals surface area contributed by atoms with Crippen LogP contribution in [0.4, 0.5) is 5.69 Å². The fourth-order valence-electron chi connectivity index (χ4n) is 2.86. The number of hydrogen-bond donors (Lipinski definition) is 1. The summed E-state index contributed by atoms with van der Waals surface area (Å²) in [6.07, 6.45) is 2.45. The minimum absolute atomic E-state index is 0.0274. The van der Waals surface area contributed by atoms with Gasteiger partial charge in [-0.05, 0) is 63.4 Å². The van der Waals surface area contributed by atoms with E-state index in [1.54, 1.807) is 0 Å². The summed E-state index contributed by atoms with van der Waals surface area (Å²) in [5, 5.41) is 3.02. The summed E-state index contributed by atoms with van der Waals surface area (Å²) in [6, 6.07) is 8.47. The second kappa shape index (κ2) is 5.34. The number of aromatic nitrogens is 1. The summed E-state index contributed by atoms with van der Waals surface area (Å²) in [5.41, 5.74) is 4.94. The molecule has 3 rings (SSSR count). The van der Waals surface area contributed by atoms with Gasteiger partial charge < -0.3 is 9.88 Å². The Balaban J connectivity index is 1.87. The largest absolute Gasteiger partial charge is 0.345 e. The van der Waals surface area contributed by atoms with Gasteiger partial charge >= 0.3 is 0 Å². The van der Waals surface area contributed by atoms with Gasteiger partial charge in [0.05, 0.1) is 5.56 Å². The van der Waals surface area contributed by atoms with E-state index in [9.17, 15) is 4.79 Å². The predicted octanol–water partition coefficient (Wildman–Crippen LogP) is 4.76. The van der Waals surface area contributed by atoms with Crippen LogP contribution < -0.4 is 5.32 Å². The predicted molar refractivity (Wildman–Crippen MR) is 89.0 cm³/mol. The van der Waals surface area contributed by atoms with Crippen LogP contribution >= 0.6 is 15.9 Å². The molecule has 1 heterocycles. The Morgan fingerprint density at radius 1 is 1.24 bits per heavy atom. The molecular formula is C17H19BrN2O. The Morgan fingerprint density at radius 2 is 1.95 bits per heavy atom. The SMILES string of the molecule is Cc1cc(Br)ccc1NC(=O)c1cc(C)n(C2CC2)c1C. The van der Waals surface area contributed by atoms with E-state index in [1.165, 1.54) is 18.5 Å². The van der Waals surface area contributed by atoms with Crippen LogP contribution in [0.1, 0.15) is 46.2 Å². The van der Waals surface area contributed by atoms with Gasteiger partial charge in [-0.25, -0.2) is 0 Å². The van der Waals surface area contributed by atoms with Crippen molar-refractivity contribution in [2.24, 2.45) is 0 Å². The molecule has 21 heavy (non-hydrogen) atoms. The van der Waals surface area contributed by atoms with E-state index in [1.807, 2.05) is 38.1 Å². The lowest BCUT2D eigenvalue weighted by Crippen LogP contribution is -2.14. The van der Waals surface area contributed by atoms with Gasteiger partial charge in [-0.1, -0.05) is 15.9 Å². The van der Waals surface area contributed by atoms with Crippen LogP contribution in [0.15, 0.2) is 28.7 Å². The summed E-state index contributed by atoms with van der Waals surface area (Å²) in [5.74, 6) is -0.0274. The van der Waals surface area contributed by atoms with E-state index < -0.39 is 0 Å². The van der Waals surface area contributed by atoms with Gasteiger partial charge in [-0.2, -0.15) is 0 Å². The number of carbonyl (C=O) groups is 1. The van der Waals surface area contributed by atoms with E-state index in [2.05, 4.69) is 32.7 Å². The first kappa shape index (κ1) is 14.4. The molecule has 0 spiro atoms. The molecule has 1 fully saturated rings. The number of carbonyl (C=O) groups excluding carboxylic acids is 1. The average molecular weight is 347 g/mol. The lowest BCUT2D eigenvalue weighted by Gasteiger charge is -2.10. The molecule has 0 aliphatic heterocycles. The number of amides is 1. The summed E-state index contributed by atoms with van der Waals surface area (Å²) in [6.45, 7) is 6.11. The molecule has 1 aromatic carbocycles. The number of nitrogens with zero attached hydrogens (tertiary/aromatic N) is 1. The molecule has 0 unspecified atom stereocenters. The number of rotatable bonds is 3. The van der Waals surface area contributed by atoms with Crippen LogP contribution in [0.3, 0.4) is 0 Å². The lowest BCUT2D eigenvalue weighted by molar-refractivity contribution is 0.102. The van der Waals surface area contributed by atoms with Crippen molar-refractivity contribution in [1.29, 1.82) is 0 Å². The maximum atomic E-state index is 12.5. The Labute approximate surface area is 133 Å². The Kier molecular flexibility index (Phi) is 3.66. The molecule has 1 N–H and O–H groups in total. The lowest BCUT2D eigenvalue weighted by atomic mass is 10.2. The number of hydrogen-bond acceptors (Lipinski definition) is 1. The second-order valence-electron chi connectivity index (χ2n) is 5.80. The molecule has 1 aliphatic rings. The number of halogens is 1. The fourth-order valence-corrected chi connectivity index (χ4v) is 3.33. The molecule has 0 saturated heterocycles. The van der Waals surface area contributed by atoms with Crippen molar-refractivity contribution in [2.75, 3.05) is 5.32 Å². The highest BCUT2D eigenvalue weighted by Gasteiger charge is 2.28. The van der Waals surface area contributed by atoms with Crippen molar-refractivity contribution in [3.63, 3.8) is 0 Å². The minimum Gasteiger partial charge on any atom is -0.345 e. The molecule has 0 bridgehead atoms. The molecule has 0 atom stereocenters. The van der Waals surface area contributed by atoms with Crippen LogP contribution in [-0.4, -0.2) is 10.5 Å². The van der Waals surface area contributed by atoms with Gasteiger partial charge in [-0.15, -0.1) is 0 Å². The van der Waals surface area contributed by atoms with Gasteiger partial charge in [0, 0.05) is 27.6 Å². The zero-order chi connectivity index (χ0) is 15.1. The molecule has 1 aliphatic carbocycles. The normalized spacial score (nSPS) is 14.3. The first-order chi connectivity index (χ1) is 9.97. The van der Waals surface area contributed by atoms with Crippen LogP contribution in [0, 0.1) is 20.8 Å². The van der Waals surface area contributed by atoms with Crippen molar-refractivity contribution >= 4 is 27.5 Å². The van der Waals surface area contributed by atoms with Crippen molar-refractivity contribution in [2.45, 2.75) is 39.7 Å². The number of nitrogens with one attached hydrogen (secondary N) is 1. The standard InChI is InChI=1S/C17H19BrN2O/c1-10-8-13(18)4-7-16(10)19-17(21)15-9-11(2)20(12(15)3)14-5-6-14/h4,7-9,14H,5-6H2,1-3H3,(H,19,21). The first-order valence-corrected chi connectivity index (χ1v) is 8.02. The van der Waals surface area contributed by atoms with Gasteiger partial charge in [-0.3, -0.25) is 4.79 Å². The Bertz CT molecular complexity index is 714. The average Bonchev–Trinajstić information content (AvgIpc) is 3.19. The van der Waals surface area contributed by atoms with Crippen LogP contribution in [0.25, 0.3) is 0 Å². The zero-order valence-corrected chi connectivity index (χ0v) is 14.1. The van der Waals surface area contributed by atoms with Crippen molar-refractivity contribution in [3.05, 3.63) is 51.3 Å². The Morgan fingerprint density at radius 3 is 2.57 bits per heavy atom. The summed E-state index contributed by atoms with van der Waals surface area (Å²) >= 11 is 3.44. The fraction of sp³-hybridized carbons (Fsp3) is 0.353. The van der Waals surface area contributed by atoms with E-state index >= 15 is 0 Å². The molecular weight excluding hydrogens is 328 g/mol. The molecule has 2 aromatic rings. The maximum Gasteiger partial charge on any atom is 0.257 e. The van der Waals surface area contributed by atoms with E-state index in [0.29, 0.717) is 6.04 Å². The van der Waals surface area contributed by atoms with Gasteiger partial charge in [0.1, 0.15) is 0 Å². The van der Waals surface area contributed by atoms with E-state index in [4.69, 9.17) is 0 Å². The molecule has 4 heteroatoms. The highest BCUT2D eigenvalue weighted by atomic mass is 79.9. The number of benzene rings is 1. The molecule has 3 nitrogen and oxygen atoms in total. The van der Waals surface area contributed by atoms with Gasteiger partial charge in [0.25, 0.3) is 5.91 Å². The van der Waals surface area contributed by atoms with Gasteiger partial charge in [0.15, 0.2) is 0 Å². The molecule has 1 aromatic heterocycles. The third kappa shape index (κ3) is 2.77. The second-order valence-corrected chi connectivity index (χ2v) is 6.72. The van der Waals surface area contributed by atoms with Crippen LogP contribution in [0.5, 0.6) is 0 Å². The highest BCUT2D eigenvalue weighted by Crippen LogP contribution is 2.38. The first-order valence-electron chi connectivity index (χ1n) is 7.23. The zero-order valence-electron chi connectivity index (χ0n) is 12.5. The third-order valence-corrected chi connectivity index (χ3v) is 4.57. The van der Waals surface area contributed by atoms with E-state index in [0.717, 1.165) is 27.0 Å². The minimum atomic E-state index is -0.0274. The van der Waals surface area contributed by atoms with Crippen LogP contribution in [0.2, 0.25) is 0 Å². The summed E-state index contributed by atoms with van der Waals surface area (Å²) < 4.78 is 3.31. The van der Waals surface area contributed by atoms with E-state index in [-0.39, 0.29) is 5.91 Å². The Hall–Kier alpha value is -1.55. The van der Waals surface area contributed by atoms with Crippen molar-refractivity contribution < 1.29 is 4.79 Å². The molecule has 110 valence electrons. The number of anilines is 1. The molecule has 1 amide bonds. The van der Waals surface area contributed by atoms with Crippen molar-refractivity contribution in [3.8, 4) is 0 Å². The van der Waals surface area contributed by atoms with Crippen LogP contribution in [-0.2, 0) is 0 Å². The monoisotopic (exact) mass is 346 g/mol. The molecule has 1 saturated carbocycles. The topological polar surface area (TPSA) is 34.0 Å². The smallest absolute Gasteiger partial charge is 0.257 e. The highest BCUT2D eigenvalue weighted by molar-refractivity contribution is 9.10. The summed E-state index contributed by atoms with van der Waals surface area (Å²) in [7, 11) is 0. The molecule has 0 radical (unpaired) electrons. The quantitative estimate of drug-likeness (QED) is 0.853. The number of aryl methyl sites for hydroxylation is 2. The van der Waals surface area contributed by atoms with Crippen molar-refractivity contribution in [1.82, 2.24) is 4.57 Å². The third-order valence-electron chi connectivity index (χ3n) is 4.08. The summed E-state index contributed by atoms with van der Waals surface area (Å²) in [4.78, 5) is 12.5. The van der Waals surface area contributed by atoms with Gasteiger partial charge in [0.2, 0.25) is 0 Å². The maximum absolute atomic E-state index is 12.5.